The highest BCUT2D eigenvalue weighted by atomic mass is 35.5. The fourth-order valence-corrected chi connectivity index (χ4v) is 5.17. The molecular weight excluding hydrogens is 418 g/mol. The Bertz CT molecular complexity index is 1210. The topological polar surface area (TPSA) is 85.1 Å². The van der Waals surface area contributed by atoms with Gasteiger partial charge in [-0.15, -0.1) is 11.3 Å². The fraction of sp³-hybridized carbons (Fsp3) is 0.174. The number of nitrogens with one attached hydrogen (secondary N) is 1. The highest BCUT2D eigenvalue weighted by Crippen LogP contribution is 2.50. The van der Waals surface area contributed by atoms with E-state index in [1.807, 2.05) is 32.0 Å². The third-order valence-electron chi connectivity index (χ3n) is 5.30. The van der Waals surface area contributed by atoms with E-state index in [1.54, 1.807) is 24.5 Å². The van der Waals surface area contributed by atoms with E-state index in [4.69, 9.17) is 17.3 Å². The van der Waals surface area contributed by atoms with E-state index in [0.29, 0.717) is 26.7 Å². The monoisotopic (exact) mass is 437 g/mol. The van der Waals surface area contributed by atoms with Crippen molar-refractivity contribution < 1.29 is 9.59 Å². The summed E-state index contributed by atoms with van der Waals surface area (Å²) in [6.07, 6.45) is 3.41. The Morgan fingerprint density at radius 1 is 1.23 bits per heavy atom. The minimum Gasteiger partial charge on any atom is -0.397 e. The van der Waals surface area contributed by atoms with E-state index in [9.17, 15) is 9.59 Å². The van der Waals surface area contributed by atoms with Crippen molar-refractivity contribution in [2.45, 2.75) is 26.7 Å². The van der Waals surface area contributed by atoms with Crippen LogP contribution in [0.4, 0.5) is 10.7 Å². The summed E-state index contributed by atoms with van der Waals surface area (Å²) in [5.41, 5.74) is 11.3. The first-order chi connectivity index (χ1) is 14.3. The molecule has 0 spiro atoms. The van der Waals surface area contributed by atoms with Crippen molar-refractivity contribution in [3.8, 4) is 0 Å². The number of thiophene rings is 1. The first-order valence-corrected chi connectivity index (χ1v) is 10.6. The molecule has 4 rings (SSSR count). The standard InChI is InChI=1S/C23H20ClN3O2S/c1-11-6-7-14(9-16(11)24)21(29)22-20(25)19-18(15-5-4-8-26-10-15)17(13(3)28)12(2)27-23(19)30-22/h4-10,18,27H,25H2,1-3H3. The minimum atomic E-state index is -0.383. The number of rotatable bonds is 4. The van der Waals surface area contributed by atoms with Crippen molar-refractivity contribution >= 4 is 45.2 Å². The molecule has 0 aliphatic carbocycles. The lowest BCUT2D eigenvalue weighted by Crippen LogP contribution is -2.21. The SMILES string of the molecule is CC(=O)C1=C(C)Nc2sc(C(=O)c3ccc(C)c(Cl)c3)c(N)c2C1c1cccnc1. The maximum absolute atomic E-state index is 13.2. The fourth-order valence-electron chi connectivity index (χ4n) is 3.82. The lowest BCUT2D eigenvalue weighted by molar-refractivity contribution is -0.113. The molecular formula is C23H20ClN3O2S. The van der Waals surface area contributed by atoms with Gasteiger partial charge in [0, 0.05) is 45.7 Å². The Hall–Kier alpha value is -2.96. The van der Waals surface area contributed by atoms with Crippen molar-refractivity contribution in [1.82, 2.24) is 4.98 Å². The van der Waals surface area contributed by atoms with E-state index in [2.05, 4.69) is 10.3 Å². The zero-order valence-corrected chi connectivity index (χ0v) is 18.3. The molecule has 5 nitrogen and oxygen atoms in total. The predicted molar refractivity (Wildman–Crippen MR) is 121 cm³/mol. The van der Waals surface area contributed by atoms with Gasteiger partial charge in [-0.3, -0.25) is 14.6 Å². The summed E-state index contributed by atoms with van der Waals surface area (Å²) in [5.74, 6) is -0.627. The molecule has 3 N–H and O–H groups in total. The van der Waals surface area contributed by atoms with Crippen LogP contribution in [0, 0.1) is 6.92 Å². The van der Waals surface area contributed by atoms with Crippen LogP contribution in [0.25, 0.3) is 0 Å². The molecule has 0 amide bonds. The van der Waals surface area contributed by atoms with Gasteiger partial charge in [0.05, 0.1) is 10.7 Å². The van der Waals surface area contributed by atoms with Gasteiger partial charge in [-0.2, -0.15) is 0 Å². The zero-order chi connectivity index (χ0) is 21.6. The van der Waals surface area contributed by atoms with Crippen LogP contribution in [-0.4, -0.2) is 16.6 Å². The Morgan fingerprint density at radius 3 is 2.63 bits per heavy atom. The summed E-state index contributed by atoms with van der Waals surface area (Å²) >= 11 is 7.52. The molecule has 1 atom stereocenters. The number of Topliss-reactive ketones (excluding diaryl/α,β-unsaturated/α-hetero) is 1. The molecule has 1 aromatic carbocycles. The maximum atomic E-state index is 13.2. The predicted octanol–water partition coefficient (Wildman–Crippen LogP) is 5.34. The number of halogens is 1. The van der Waals surface area contributed by atoms with Crippen LogP contribution in [0.5, 0.6) is 0 Å². The van der Waals surface area contributed by atoms with Gasteiger partial charge < -0.3 is 11.1 Å². The highest BCUT2D eigenvalue weighted by molar-refractivity contribution is 7.19. The maximum Gasteiger partial charge on any atom is 0.205 e. The third kappa shape index (κ3) is 3.32. The molecule has 1 aliphatic rings. The van der Waals surface area contributed by atoms with E-state index in [0.717, 1.165) is 27.4 Å². The molecule has 0 saturated carbocycles. The van der Waals surface area contributed by atoms with E-state index in [1.165, 1.54) is 18.3 Å². The number of nitrogens with two attached hydrogens (primary N) is 1. The summed E-state index contributed by atoms with van der Waals surface area (Å²) in [5, 5.41) is 4.58. The Kier molecular flexibility index (Phi) is 5.22. The normalized spacial score (nSPS) is 15.5. The highest BCUT2D eigenvalue weighted by Gasteiger charge is 2.36. The average Bonchev–Trinajstić information content (AvgIpc) is 3.04. The van der Waals surface area contributed by atoms with Crippen LogP contribution < -0.4 is 11.1 Å². The van der Waals surface area contributed by atoms with Crippen LogP contribution in [-0.2, 0) is 4.79 Å². The molecule has 152 valence electrons. The number of carbonyl (C=O) groups is 2. The Labute approximate surface area is 183 Å². The van der Waals surface area contributed by atoms with Gasteiger partial charge in [-0.05, 0) is 44.0 Å². The number of nitrogen functional groups attached to an aromatic ring is 1. The second-order valence-electron chi connectivity index (χ2n) is 7.32. The summed E-state index contributed by atoms with van der Waals surface area (Å²) in [6, 6.07) is 8.97. The van der Waals surface area contributed by atoms with E-state index < -0.39 is 0 Å². The number of aromatic nitrogens is 1. The van der Waals surface area contributed by atoms with Crippen LogP contribution >= 0.6 is 22.9 Å². The number of pyridine rings is 1. The molecule has 3 aromatic rings. The van der Waals surface area contributed by atoms with Gasteiger partial charge in [0.15, 0.2) is 5.78 Å². The second kappa shape index (κ2) is 7.70. The van der Waals surface area contributed by atoms with Crippen molar-refractivity contribution in [3.05, 3.63) is 86.1 Å². The minimum absolute atomic E-state index is 0.0525. The van der Waals surface area contributed by atoms with Crippen molar-refractivity contribution in [3.63, 3.8) is 0 Å². The number of fused-ring (bicyclic) bond motifs is 1. The number of hydrogen-bond acceptors (Lipinski definition) is 6. The van der Waals surface area contributed by atoms with Crippen LogP contribution in [0.15, 0.2) is 54.0 Å². The van der Waals surface area contributed by atoms with Gasteiger partial charge in [-0.25, -0.2) is 0 Å². The summed E-state index contributed by atoms with van der Waals surface area (Å²) in [6.45, 7) is 5.28. The van der Waals surface area contributed by atoms with Gasteiger partial charge in [0.25, 0.3) is 0 Å². The number of carbonyl (C=O) groups excluding carboxylic acids is 2. The number of hydrogen-bond donors (Lipinski definition) is 2. The lowest BCUT2D eigenvalue weighted by atomic mass is 9.81. The summed E-state index contributed by atoms with van der Waals surface area (Å²) in [4.78, 5) is 30.4. The molecule has 2 aromatic heterocycles. The van der Waals surface area contributed by atoms with Crippen molar-refractivity contribution in [2.75, 3.05) is 11.1 Å². The quantitative estimate of drug-likeness (QED) is 0.538. The zero-order valence-electron chi connectivity index (χ0n) is 16.7. The molecule has 7 heteroatoms. The first-order valence-electron chi connectivity index (χ1n) is 9.41. The van der Waals surface area contributed by atoms with Crippen LogP contribution in [0.2, 0.25) is 5.02 Å². The van der Waals surface area contributed by atoms with Gasteiger partial charge >= 0.3 is 0 Å². The van der Waals surface area contributed by atoms with Gasteiger partial charge in [-0.1, -0.05) is 29.8 Å². The third-order valence-corrected chi connectivity index (χ3v) is 6.85. The molecule has 0 bridgehead atoms. The molecule has 0 saturated heterocycles. The van der Waals surface area contributed by atoms with E-state index in [-0.39, 0.29) is 17.5 Å². The number of ketones is 2. The molecule has 1 unspecified atom stereocenters. The molecule has 0 radical (unpaired) electrons. The molecule has 1 aliphatic heterocycles. The number of aryl methyl sites for hydroxylation is 1. The number of allylic oxidation sites excluding steroid dienone is 2. The molecule has 30 heavy (non-hydrogen) atoms. The largest absolute Gasteiger partial charge is 0.397 e. The molecule has 0 fully saturated rings. The number of nitrogens with zero attached hydrogens (tertiary/aromatic N) is 1. The first kappa shape index (κ1) is 20.3. The Morgan fingerprint density at radius 2 is 2.00 bits per heavy atom. The average molecular weight is 438 g/mol. The second-order valence-corrected chi connectivity index (χ2v) is 8.75. The van der Waals surface area contributed by atoms with Crippen molar-refractivity contribution in [2.24, 2.45) is 0 Å². The number of anilines is 2. The van der Waals surface area contributed by atoms with Gasteiger partial charge in [0.1, 0.15) is 4.88 Å². The van der Waals surface area contributed by atoms with Crippen LogP contribution in [0.3, 0.4) is 0 Å². The summed E-state index contributed by atoms with van der Waals surface area (Å²) < 4.78 is 0. The molecule has 3 heterocycles. The van der Waals surface area contributed by atoms with Gasteiger partial charge in [0.2, 0.25) is 5.78 Å². The lowest BCUT2D eigenvalue weighted by Gasteiger charge is -2.28. The van der Waals surface area contributed by atoms with Crippen molar-refractivity contribution in [1.29, 1.82) is 0 Å². The van der Waals surface area contributed by atoms with E-state index >= 15 is 0 Å². The Balaban J connectivity index is 1.88. The smallest absolute Gasteiger partial charge is 0.205 e. The number of benzene rings is 1. The van der Waals surface area contributed by atoms with Crippen LogP contribution in [0.1, 0.15) is 51.7 Å². The summed E-state index contributed by atoms with van der Waals surface area (Å²) in [7, 11) is 0.